The van der Waals surface area contributed by atoms with Crippen LogP contribution >= 0.6 is 24.0 Å². The molecule has 0 saturated carbocycles. The third-order valence-electron chi connectivity index (χ3n) is 2.31. The van der Waals surface area contributed by atoms with E-state index in [2.05, 4.69) is 36.2 Å². The first-order valence-electron chi connectivity index (χ1n) is 5.30. The molecule has 2 N–H and O–H groups in total. The van der Waals surface area contributed by atoms with Crippen LogP contribution in [0.25, 0.3) is 0 Å². The van der Waals surface area contributed by atoms with Gasteiger partial charge in [0.15, 0.2) is 5.11 Å². The van der Waals surface area contributed by atoms with Crippen LogP contribution in [0.15, 0.2) is 0 Å². The highest BCUT2D eigenvalue weighted by molar-refractivity contribution is 7.99. The summed E-state index contributed by atoms with van der Waals surface area (Å²) in [6.45, 7) is 5.25. The van der Waals surface area contributed by atoms with E-state index in [1.165, 1.54) is 24.3 Å². The highest BCUT2D eigenvalue weighted by Crippen LogP contribution is 2.21. The summed E-state index contributed by atoms with van der Waals surface area (Å²) in [5, 5.41) is 7.30. The molecule has 1 fully saturated rings. The van der Waals surface area contributed by atoms with E-state index < -0.39 is 0 Å². The maximum absolute atomic E-state index is 5.17. The SMILES string of the molecule is CC(C)NC(=S)NCC1CCSCC1. The second-order valence-corrected chi connectivity index (χ2v) is 5.70. The van der Waals surface area contributed by atoms with E-state index in [4.69, 9.17) is 12.2 Å². The largest absolute Gasteiger partial charge is 0.362 e. The summed E-state index contributed by atoms with van der Waals surface area (Å²) in [6.07, 6.45) is 2.67. The average molecular weight is 232 g/mol. The van der Waals surface area contributed by atoms with E-state index in [1.807, 2.05) is 0 Å². The van der Waals surface area contributed by atoms with Crippen molar-refractivity contribution in [2.75, 3.05) is 18.1 Å². The van der Waals surface area contributed by atoms with Gasteiger partial charge in [-0.25, -0.2) is 0 Å². The summed E-state index contributed by atoms with van der Waals surface area (Å²) in [7, 11) is 0. The molecule has 0 aromatic rings. The first-order valence-corrected chi connectivity index (χ1v) is 6.87. The Morgan fingerprint density at radius 1 is 1.43 bits per heavy atom. The number of thioether (sulfide) groups is 1. The topological polar surface area (TPSA) is 24.1 Å². The maximum Gasteiger partial charge on any atom is 0.166 e. The van der Waals surface area contributed by atoms with Crippen LogP contribution in [0.1, 0.15) is 26.7 Å². The van der Waals surface area contributed by atoms with Gasteiger partial charge in [0.1, 0.15) is 0 Å². The minimum Gasteiger partial charge on any atom is -0.362 e. The fourth-order valence-corrected chi connectivity index (χ4v) is 3.02. The lowest BCUT2D eigenvalue weighted by Crippen LogP contribution is -2.41. The molecule has 0 spiro atoms. The first kappa shape index (κ1) is 12.1. The van der Waals surface area contributed by atoms with Crippen molar-refractivity contribution < 1.29 is 0 Å². The average Bonchev–Trinajstić information content (AvgIpc) is 2.15. The second-order valence-electron chi connectivity index (χ2n) is 4.06. The Morgan fingerprint density at radius 2 is 2.07 bits per heavy atom. The van der Waals surface area contributed by atoms with Crippen molar-refractivity contribution in [2.45, 2.75) is 32.7 Å². The zero-order valence-electron chi connectivity index (χ0n) is 9.01. The van der Waals surface area contributed by atoms with E-state index in [-0.39, 0.29) is 0 Å². The van der Waals surface area contributed by atoms with Crippen LogP contribution in [0.5, 0.6) is 0 Å². The molecule has 0 aliphatic carbocycles. The lowest BCUT2D eigenvalue weighted by atomic mass is 10.0. The Bertz CT molecular complexity index is 177. The van der Waals surface area contributed by atoms with E-state index in [1.54, 1.807) is 0 Å². The normalized spacial score (nSPS) is 18.2. The zero-order valence-corrected chi connectivity index (χ0v) is 10.6. The third-order valence-corrected chi connectivity index (χ3v) is 3.62. The predicted octanol–water partition coefficient (Wildman–Crippen LogP) is 2.00. The van der Waals surface area contributed by atoms with Crippen molar-refractivity contribution in [3.8, 4) is 0 Å². The maximum atomic E-state index is 5.17. The van der Waals surface area contributed by atoms with Gasteiger partial charge >= 0.3 is 0 Å². The summed E-state index contributed by atoms with van der Waals surface area (Å²) in [5.41, 5.74) is 0. The fourth-order valence-electron chi connectivity index (χ4n) is 1.50. The van der Waals surface area contributed by atoms with Gasteiger partial charge in [-0.1, -0.05) is 0 Å². The van der Waals surface area contributed by atoms with E-state index >= 15 is 0 Å². The summed E-state index contributed by atoms with van der Waals surface area (Å²) in [5.74, 6) is 3.45. The van der Waals surface area contributed by atoms with Gasteiger partial charge in [-0.05, 0) is 56.3 Å². The smallest absolute Gasteiger partial charge is 0.166 e. The molecule has 2 nitrogen and oxygen atoms in total. The third kappa shape index (κ3) is 5.05. The molecule has 0 aromatic heterocycles. The van der Waals surface area contributed by atoms with Crippen molar-refractivity contribution in [1.82, 2.24) is 10.6 Å². The molecule has 0 bridgehead atoms. The van der Waals surface area contributed by atoms with Crippen LogP contribution in [0.2, 0.25) is 0 Å². The number of nitrogens with one attached hydrogen (secondary N) is 2. The Labute approximate surface area is 96.6 Å². The van der Waals surface area contributed by atoms with Gasteiger partial charge in [0.2, 0.25) is 0 Å². The summed E-state index contributed by atoms with van der Waals surface area (Å²) < 4.78 is 0. The summed E-state index contributed by atoms with van der Waals surface area (Å²) >= 11 is 7.24. The number of hydrogen-bond donors (Lipinski definition) is 2. The fraction of sp³-hybridized carbons (Fsp3) is 0.900. The molecule has 0 aromatic carbocycles. The van der Waals surface area contributed by atoms with Gasteiger partial charge in [0, 0.05) is 12.6 Å². The highest BCUT2D eigenvalue weighted by Gasteiger charge is 2.13. The van der Waals surface area contributed by atoms with Crippen LogP contribution in [-0.4, -0.2) is 29.2 Å². The Kier molecular flexibility index (Phi) is 5.63. The van der Waals surface area contributed by atoms with Crippen LogP contribution in [0.3, 0.4) is 0 Å². The Morgan fingerprint density at radius 3 is 2.64 bits per heavy atom. The minimum absolute atomic E-state index is 0.428. The van der Waals surface area contributed by atoms with E-state index in [0.717, 1.165) is 17.6 Å². The van der Waals surface area contributed by atoms with E-state index in [9.17, 15) is 0 Å². The van der Waals surface area contributed by atoms with Crippen LogP contribution < -0.4 is 10.6 Å². The van der Waals surface area contributed by atoms with Gasteiger partial charge in [0.25, 0.3) is 0 Å². The Balaban J connectivity index is 2.09. The van der Waals surface area contributed by atoms with Gasteiger partial charge < -0.3 is 10.6 Å². The monoisotopic (exact) mass is 232 g/mol. The molecule has 0 radical (unpaired) electrons. The molecule has 1 aliphatic heterocycles. The van der Waals surface area contributed by atoms with Gasteiger partial charge in [0.05, 0.1) is 0 Å². The minimum atomic E-state index is 0.428. The van der Waals surface area contributed by atoms with Crippen molar-refractivity contribution in [1.29, 1.82) is 0 Å². The van der Waals surface area contributed by atoms with Crippen molar-refractivity contribution in [2.24, 2.45) is 5.92 Å². The first-order chi connectivity index (χ1) is 6.68. The van der Waals surface area contributed by atoms with Crippen LogP contribution in [0.4, 0.5) is 0 Å². The molecular weight excluding hydrogens is 212 g/mol. The lowest BCUT2D eigenvalue weighted by Gasteiger charge is -2.22. The van der Waals surface area contributed by atoms with Crippen LogP contribution in [-0.2, 0) is 0 Å². The molecule has 1 aliphatic rings. The zero-order chi connectivity index (χ0) is 10.4. The second kappa shape index (κ2) is 6.51. The lowest BCUT2D eigenvalue weighted by molar-refractivity contribution is 0.479. The van der Waals surface area contributed by atoms with Crippen LogP contribution in [0, 0.1) is 5.92 Å². The molecule has 0 unspecified atom stereocenters. The standard InChI is InChI=1S/C10H20N2S2/c1-8(2)12-10(13)11-7-9-3-5-14-6-4-9/h8-9H,3-7H2,1-2H3,(H2,11,12,13). The summed E-state index contributed by atoms with van der Waals surface area (Å²) in [6, 6.07) is 0.428. The molecule has 1 rings (SSSR count). The number of rotatable bonds is 3. The molecule has 1 saturated heterocycles. The molecule has 1 heterocycles. The quantitative estimate of drug-likeness (QED) is 0.727. The van der Waals surface area contributed by atoms with Crippen molar-refractivity contribution >= 4 is 29.1 Å². The number of thiocarbonyl (C=S) groups is 1. The molecule has 82 valence electrons. The van der Waals surface area contributed by atoms with E-state index in [0.29, 0.717) is 6.04 Å². The van der Waals surface area contributed by atoms with Crippen molar-refractivity contribution in [3.63, 3.8) is 0 Å². The van der Waals surface area contributed by atoms with Gasteiger partial charge in [-0.2, -0.15) is 11.8 Å². The Hall–Kier alpha value is 0.0400. The molecular formula is C10H20N2S2. The van der Waals surface area contributed by atoms with Gasteiger partial charge in [-0.3, -0.25) is 0 Å². The van der Waals surface area contributed by atoms with Gasteiger partial charge in [-0.15, -0.1) is 0 Å². The molecule has 4 heteroatoms. The summed E-state index contributed by atoms with van der Waals surface area (Å²) in [4.78, 5) is 0. The molecule has 0 atom stereocenters. The van der Waals surface area contributed by atoms with Crippen molar-refractivity contribution in [3.05, 3.63) is 0 Å². The molecule has 14 heavy (non-hydrogen) atoms. The molecule has 0 amide bonds. The number of hydrogen-bond acceptors (Lipinski definition) is 2. The predicted molar refractivity (Wildman–Crippen MR) is 68.9 cm³/mol. The highest BCUT2D eigenvalue weighted by atomic mass is 32.2.